The van der Waals surface area contributed by atoms with E-state index >= 15 is 0 Å². The number of carbonyl (C=O) groups is 1. The van der Waals surface area contributed by atoms with E-state index in [4.69, 9.17) is 4.74 Å². The van der Waals surface area contributed by atoms with Crippen LogP contribution in [0.15, 0.2) is 41.2 Å². The van der Waals surface area contributed by atoms with Gasteiger partial charge in [-0.15, -0.1) is 0 Å². The fourth-order valence-corrected chi connectivity index (χ4v) is 3.15. The summed E-state index contributed by atoms with van der Waals surface area (Å²) in [6.45, 7) is 6.28. The molecule has 26 heavy (non-hydrogen) atoms. The first-order valence-corrected chi connectivity index (χ1v) is 8.74. The van der Waals surface area contributed by atoms with Crippen LogP contribution < -0.4 is 15.2 Å². The lowest BCUT2D eigenvalue weighted by Crippen LogP contribution is -2.51. The third-order valence-electron chi connectivity index (χ3n) is 4.71. The molecule has 0 saturated carbocycles. The minimum Gasteiger partial charge on any atom is -0.497 e. The van der Waals surface area contributed by atoms with Gasteiger partial charge in [-0.05, 0) is 44.2 Å². The highest BCUT2D eigenvalue weighted by Crippen LogP contribution is 2.21. The van der Waals surface area contributed by atoms with Crippen LogP contribution in [0.1, 0.15) is 18.7 Å². The lowest BCUT2D eigenvalue weighted by Gasteiger charge is -2.37. The van der Waals surface area contributed by atoms with E-state index < -0.39 is 6.04 Å². The van der Waals surface area contributed by atoms with Crippen LogP contribution in [-0.2, 0) is 4.79 Å². The Morgan fingerprint density at radius 2 is 1.73 bits per heavy atom. The number of piperazine rings is 1. The summed E-state index contributed by atoms with van der Waals surface area (Å²) in [6.07, 6.45) is 0. The number of hydrogen-bond donors (Lipinski definition) is 0. The topological polar surface area (TPSA) is 67.7 Å². The molecule has 0 N–H and O–H groups in total. The van der Waals surface area contributed by atoms with Crippen molar-refractivity contribution < 1.29 is 9.53 Å². The maximum absolute atomic E-state index is 12.8. The van der Waals surface area contributed by atoms with Gasteiger partial charge in [0.05, 0.1) is 12.8 Å². The molecule has 1 atom stereocenters. The molecule has 1 unspecified atom stereocenters. The number of anilines is 1. The van der Waals surface area contributed by atoms with Gasteiger partial charge in [0.25, 0.3) is 5.56 Å². The first-order chi connectivity index (χ1) is 12.5. The summed E-state index contributed by atoms with van der Waals surface area (Å²) in [6, 6.07) is 10.4. The average molecular weight is 356 g/mol. The minimum atomic E-state index is -0.602. The first-order valence-electron chi connectivity index (χ1n) is 8.74. The summed E-state index contributed by atoms with van der Waals surface area (Å²) in [5.74, 6) is 0.757. The third-order valence-corrected chi connectivity index (χ3v) is 4.71. The largest absolute Gasteiger partial charge is 0.497 e. The smallest absolute Gasteiger partial charge is 0.267 e. The molecule has 0 spiro atoms. The summed E-state index contributed by atoms with van der Waals surface area (Å²) in [4.78, 5) is 28.8. The van der Waals surface area contributed by atoms with Gasteiger partial charge >= 0.3 is 0 Å². The summed E-state index contributed by atoms with van der Waals surface area (Å²) >= 11 is 0. The average Bonchev–Trinajstić information content (AvgIpc) is 2.69. The third kappa shape index (κ3) is 3.71. The van der Waals surface area contributed by atoms with Crippen molar-refractivity contribution in [1.82, 2.24) is 14.7 Å². The lowest BCUT2D eigenvalue weighted by atomic mass is 10.2. The number of carbonyl (C=O) groups excluding carboxylic acids is 1. The van der Waals surface area contributed by atoms with Gasteiger partial charge in [-0.1, -0.05) is 0 Å². The van der Waals surface area contributed by atoms with Gasteiger partial charge in [-0.2, -0.15) is 5.10 Å². The molecule has 7 heteroatoms. The normalized spacial score (nSPS) is 15.7. The zero-order chi connectivity index (χ0) is 18.7. The van der Waals surface area contributed by atoms with Crippen LogP contribution in [0.4, 0.5) is 5.69 Å². The Bertz CT molecular complexity index is 823. The minimum absolute atomic E-state index is 0.0698. The van der Waals surface area contributed by atoms with Gasteiger partial charge in [0.15, 0.2) is 0 Å². The van der Waals surface area contributed by atoms with Crippen molar-refractivity contribution >= 4 is 11.6 Å². The van der Waals surface area contributed by atoms with Gasteiger partial charge in [-0.3, -0.25) is 9.59 Å². The van der Waals surface area contributed by atoms with Crippen molar-refractivity contribution in [3.8, 4) is 5.75 Å². The molecule has 1 aliphatic rings. The van der Waals surface area contributed by atoms with E-state index in [2.05, 4.69) is 10.00 Å². The number of methoxy groups -OCH3 is 1. The number of aromatic nitrogens is 2. The molecule has 1 fully saturated rings. The summed E-state index contributed by atoms with van der Waals surface area (Å²) in [5.41, 5.74) is 1.57. The van der Waals surface area contributed by atoms with Gasteiger partial charge in [0.2, 0.25) is 5.91 Å². The predicted octanol–water partition coefficient (Wildman–Crippen LogP) is 1.47. The molecular weight excluding hydrogens is 332 g/mol. The zero-order valence-corrected chi connectivity index (χ0v) is 15.4. The van der Waals surface area contributed by atoms with E-state index in [0.717, 1.165) is 24.5 Å². The number of aryl methyl sites for hydroxylation is 1. The van der Waals surface area contributed by atoms with E-state index in [9.17, 15) is 9.59 Å². The van der Waals surface area contributed by atoms with Crippen LogP contribution in [0.5, 0.6) is 5.75 Å². The van der Waals surface area contributed by atoms with Crippen LogP contribution in [0.25, 0.3) is 0 Å². The quantitative estimate of drug-likeness (QED) is 0.830. The van der Waals surface area contributed by atoms with E-state index in [1.54, 1.807) is 31.9 Å². The van der Waals surface area contributed by atoms with Gasteiger partial charge < -0.3 is 14.5 Å². The molecule has 1 aliphatic heterocycles. The molecule has 0 radical (unpaired) electrons. The second-order valence-electron chi connectivity index (χ2n) is 6.44. The number of amides is 1. The first kappa shape index (κ1) is 18.0. The highest BCUT2D eigenvalue weighted by molar-refractivity contribution is 5.80. The molecule has 7 nitrogen and oxygen atoms in total. The maximum Gasteiger partial charge on any atom is 0.267 e. The van der Waals surface area contributed by atoms with Crippen LogP contribution in [-0.4, -0.2) is 53.9 Å². The molecule has 1 aromatic carbocycles. The Labute approximate surface area is 152 Å². The fourth-order valence-electron chi connectivity index (χ4n) is 3.15. The van der Waals surface area contributed by atoms with Crippen molar-refractivity contribution in [2.45, 2.75) is 19.9 Å². The summed E-state index contributed by atoms with van der Waals surface area (Å²) < 4.78 is 6.46. The highest BCUT2D eigenvalue weighted by Gasteiger charge is 2.27. The molecule has 1 amide bonds. The lowest BCUT2D eigenvalue weighted by molar-refractivity contribution is -0.135. The van der Waals surface area contributed by atoms with Crippen molar-refractivity contribution in [1.29, 1.82) is 0 Å². The van der Waals surface area contributed by atoms with Crippen molar-refractivity contribution in [2.75, 3.05) is 38.2 Å². The number of hydrogen-bond acceptors (Lipinski definition) is 5. The second-order valence-corrected chi connectivity index (χ2v) is 6.44. The number of benzene rings is 1. The molecule has 2 aromatic rings. The van der Waals surface area contributed by atoms with Crippen LogP contribution in [0.2, 0.25) is 0 Å². The van der Waals surface area contributed by atoms with E-state index in [1.165, 1.54) is 10.7 Å². The second kappa shape index (κ2) is 7.59. The molecule has 1 saturated heterocycles. The Hall–Kier alpha value is -2.83. The number of ether oxygens (including phenoxy) is 1. The molecule has 2 heterocycles. The van der Waals surface area contributed by atoms with Crippen molar-refractivity contribution in [3.05, 3.63) is 52.4 Å². The van der Waals surface area contributed by atoms with Crippen molar-refractivity contribution in [3.63, 3.8) is 0 Å². The Morgan fingerprint density at radius 1 is 1.08 bits per heavy atom. The standard InChI is InChI=1S/C19H24N4O3/c1-14-4-9-18(24)23(20-14)15(2)19(25)22-12-10-21(11-13-22)16-5-7-17(26-3)8-6-16/h4-9,15H,10-13H2,1-3H3. The zero-order valence-electron chi connectivity index (χ0n) is 15.4. The van der Waals surface area contributed by atoms with Crippen LogP contribution in [0.3, 0.4) is 0 Å². The van der Waals surface area contributed by atoms with E-state index in [0.29, 0.717) is 18.8 Å². The molecule has 0 aliphatic carbocycles. The van der Waals surface area contributed by atoms with Gasteiger partial charge in [-0.25, -0.2) is 4.68 Å². The molecule has 0 bridgehead atoms. The summed E-state index contributed by atoms with van der Waals surface area (Å²) in [5, 5.41) is 4.20. The van der Waals surface area contributed by atoms with Crippen molar-refractivity contribution in [2.24, 2.45) is 0 Å². The molecular formula is C19H24N4O3. The summed E-state index contributed by atoms with van der Waals surface area (Å²) in [7, 11) is 1.65. The fraction of sp³-hybridized carbons (Fsp3) is 0.421. The van der Waals surface area contributed by atoms with Crippen LogP contribution >= 0.6 is 0 Å². The predicted molar refractivity (Wildman–Crippen MR) is 99.7 cm³/mol. The van der Waals surface area contributed by atoms with E-state index in [1.807, 2.05) is 24.3 Å². The molecule has 1 aromatic heterocycles. The Morgan fingerprint density at radius 3 is 2.35 bits per heavy atom. The number of nitrogens with zero attached hydrogens (tertiary/aromatic N) is 4. The number of rotatable bonds is 4. The van der Waals surface area contributed by atoms with Crippen LogP contribution in [0, 0.1) is 6.92 Å². The maximum atomic E-state index is 12.8. The highest BCUT2D eigenvalue weighted by atomic mass is 16.5. The monoisotopic (exact) mass is 356 g/mol. The molecule has 3 rings (SSSR count). The van der Waals surface area contributed by atoms with Gasteiger partial charge in [0, 0.05) is 37.9 Å². The Balaban J connectivity index is 1.64. The van der Waals surface area contributed by atoms with E-state index in [-0.39, 0.29) is 11.5 Å². The SMILES string of the molecule is COc1ccc(N2CCN(C(=O)C(C)n3nc(C)ccc3=O)CC2)cc1. The Kier molecular flexibility index (Phi) is 5.25. The van der Waals surface area contributed by atoms with Gasteiger partial charge in [0.1, 0.15) is 11.8 Å². The molecule has 138 valence electrons.